The molecule has 1 aromatic rings. The maximum Gasteiger partial charge on any atom is 1.00 e. The fourth-order valence-corrected chi connectivity index (χ4v) is 1.42. The first-order valence-corrected chi connectivity index (χ1v) is 5.05. The minimum absolute atomic E-state index is 0. The van der Waals surface area contributed by atoms with Crippen molar-refractivity contribution in [3.63, 3.8) is 0 Å². The van der Waals surface area contributed by atoms with Crippen molar-refractivity contribution in [2.24, 2.45) is 5.92 Å². The second-order valence-electron chi connectivity index (χ2n) is 3.99. The summed E-state index contributed by atoms with van der Waals surface area (Å²) >= 11 is 0. The van der Waals surface area contributed by atoms with Crippen LogP contribution in [0.15, 0.2) is 18.2 Å². The van der Waals surface area contributed by atoms with E-state index in [-0.39, 0.29) is 46.9 Å². The van der Waals surface area contributed by atoms with Crippen molar-refractivity contribution >= 4 is 24.5 Å². The van der Waals surface area contributed by atoms with Crippen molar-refractivity contribution in [3.05, 3.63) is 23.8 Å². The SMILES string of the molecule is CC(C)C(=O)Nc1ccc2c(c1)[B-]OC2.O.[Na+]. The van der Waals surface area contributed by atoms with Crippen molar-refractivity contribution in [2.45, 2.75) is 20.5 Å². The number of benzene rings is 1. The minimum Gasteiger partial charge on any atom is -0.652 e. The molecule has 2 radical (unpaired) electrons. The number of hydrogen-bond acceptors (Lipinski definition) is 2. The third-order valence-corrected chi connectivity index (χ3v) is 2.39. The molecule has 0 aromatic heterocycles. The number of anilines is 1. The summed E-state index contributed by atoms with van der Waals surface area (Å²) < 4.78 is 5.18. The van der Waals surface area contributed by atoms with E-state index in [4.69, 9.17) is 4.65 Å². The number of rotatable bonds is 2. The van der Waals surface area contributed by atoms with Gasteiger partial charge in [0.15, 0.2) is 0 Å². The monoisotopic (exact) mass is 243 g/mol. The van der Waals surface area contributed by atoms with Gasteiger partial charge < -0.3 is 15.4 Å². The van der Waals surface area contributed by atoms with Gasteiger partial charge in [0.25, 0.3) is 0 Å². The third kappa shape index (κ3) is 4.12. The third-order valence-electron chi connectivity index (χ3n) is 2.39. The summed E-state index contributed by atoms with van der Waals surface area (Å²) in [5.41, 5.74) is 3.04. The smallest absolute Gasteiger partial charge is 0.652 e. The Bertz CT molecular complexity index is 398. The fourth-order valence-electron chi connectivity index (χ4n) is 1.42. The fraction of sp³-hybridized carbons (Fsp3) is 0.364. The molecule has 0 bridgehead atoms. The van der Waals surface area contributed by atoms with Gasteiger partial charge in [0.1, 0.15) is 0 Å². The maximum atomic E-state index is 11.5. The van der Waals surface area contributed by atoms with E-state index in [9.17, 15) is 4.79 Å². The van der Waals surface area contributed by atoms with Gasteiger partial charge in [0, 0.05) is 18.2 Å². The van der Waals surface area contributed by atoms with Gasteiger partial charge in [-0.1, -0.05) is 31.5 Å². The molecule has 86 valence electrons. The Hall–Kier alpha value is -0.325. The molecule has 1 aliphatic rings. The molecular formula is C11H15BNNaO3. The molecule has 0 spiro atoms. The van der Waals surface area contributed by atoms with Crippen LogP contribution < -0.4 is 40.3 Å². The largest absolute Gasteiger partial charge is 1.00 e. The molecule has 1 aliphatic heterocycles. The molecular weight excluding hydrogens is 228 g/mol. The molecule has 1 heterocycles. The van der Waals surface area contributed by atoms with Crippen LogP contribution in [-0.2, 0) is 16.1 Å². The number of carbonyl (C=O) groups is 1. The first-order chi connectivity index (χ1) is 7.16. The summed E-state index contributed by atoms with van der Waals surface area (Å²) in [5.74, 6) is 0.0346. The van der Waals surface area contributed by atoms with E-state index in [1.807, 2.05) is 32.0 Å². The Labute approximate surface area is 124 Å². The molecule has 3 N–H and O–H groups in total. The standard InChI is InChI=1S/C11H13BNO2.Na.H2O/c1-7(2)11(14)13-9-4-3-8-6-15-12-10(8)5-9;;/h3-5,7H,6H2,1-2H3,(H,13,14);;1H2/q-1;+1;. The second-order valence-corrected chi connectivity index (χ2v) is 3.99. The van der Waals surface area contributed by atoms with Crippen LogP contribution in [0.2, 0.25) is 0 Å². The van der Waals surface area contributed by atoms with E-state index in [0.717, 1.165) is 16.7 Å². The number of nitrogens with one attached hydrogen (secondary N) is 1. The molecule has 0 aliphatic carbocycles. The average molecular weight is 243 g/mol. The van der Waals surface area contributed by atoms with E-state index < -0.39 is 0 Å². The van der Waals surface area contributed by atoms with E-state index in [0.29, 0.717) is 6.61 Å². The maximum absolute atomic E-state index is 11.5. The zero-order valence-corrected chi connectivity index (χ0v) is 12.4. The van der Waals surface area contributed by atoms with Crippen LogP contribution in [0, 0.1) is 5.92 Å². The summed E-state index contributed by atoms with van der Waals surface area (Å²) in [7, 11) is 1.72. The van der Waals surface area contributed by atoms with Gasteiger partial charge in [0.05, 0.1) is 0 Å². The Morgan fingerprint density at radius 3 is 2.82 bits per heavy atom. The first-order valence-electron chi connectivity index (χ1n) is 5.05. The zero-order valence-electron chi connectivity index (χ0n) is 10.4. The van der Waals surface area contributed by atoms with Crippen LogP contribution in [0.3, 0.4) is 0 Å². The van der Waals surface area contributed by atoms with Gasteiger partial charge in [-0.15, -0.1) is 7.48 Å². The minimum atomic E-state index is -0.00140. The number of hydrogen-bond donors (Lipinski definition) is 1. The molecule has 0 unspecified atom stereocenters. The summed E-state index contributed by atoms with van der Waals surface area (Å²) in [5, 5.41) is 2.86. The number of fused-ring (bicyclic) bond motifs is 1. The summed E-state index contributed by atoms with van der Waals surface area (Å²) in [6.07, 6.45) is 0. The van der Waals surface area contributed by atoms with Crippen LogP contribution in [0.25, 0.3) is 0 Å². The second kappa shape index (κ2) is 7.19. The Kier molecular flexibility index (Phi) is 7.05. The summed E-state index contributed by atoms with van der Waals surface area (Å²) in [6.45, 7) is 4.38. The molecule has 1 amide bonds. The van der Waals surface area contributed by atoms with Crippen LogP contribution in [0.1, 0.15) is 19.4 Å². The number of amides is 1. The van der Waals surface area contributed by atoms with E-state index in [1.54, 1.807) is 7.48 Å². The van der Waals surface area contributed by atoms with Crippen molar-refractivity contribution in [2.75, 3.05) is 5.32 Å². The Balaban J connectivity index is 0.00000128. The molecule has 0 saturated carbocycles. The van der Waals surface area contributed by atoms with Gasteiger partial charge >= 0.3 is 29.6 Å². The Morgan fingerprint density at radius 2 is 2.18 bits per heavy atom. The normalized spacial score (nSPS) is 12.4. The van der Waals surface area contributed by atoms with Crippen LogP contribution >= 0.6 is 0 Å². The molecule has 4 nitrogen and oxygen atoms in total. The van der Waals surface area contributed by atoms with Crippen LogP contribution in [0.4, 0.5) is 5.69 Å². The number of carbonyl (C=O) groups excluding carboxylic acids is 1. The van der Waals surface area contributed by atoms with Gasteiger partial charge in [0.2, 0.25) is 5.91 Å². The Morgan fingerprint density at radius 1 is 1.47 bits per heavy atom. The van der Waals surface area contributed by atoms with Crippen molar-refractivity contribution in [3.8, 4) is 0 Å². The van der Waals surface area contributed by atoms with Crippen molar-refractivity contribution in [1.29, 1.82) is 0 Å². The zero-order chi connectivity index (χ0) is 10.8. The topological polar surface area (TPSA) is 69.8 Å². The predicted octanol–water partition coefficient (Wildman–Crippen LogP) is -2.76. The summed E-state index contributed by atoms with van der Waals surface area (Å²) in [6, 6.07) is 5.82. The summed E-state index contributed by atoms with van der Waals surface area (Å²) in [4.78, 5) is 11.5. The first kappa shape index (κ1) is 16.7. The predicted molar refractivity (Wildman–Crippen MR) is 63.7 cm³/mol. The van der Waals surface area contributed by atoms with Gasteiger partial charge in [-0.3, -0.25) is 4.79 Å². The molecule has 17 heavy (non-hydrogen) atoms. The molecule has 0 saturated heterocycles. The van der Waals surface area contributed by atoms with Crippen LogP contribution in [0.5, 0.6) is 0 Å². The van der Waals surface area contributed by atoms with Gasteiger partial charge in [-0.05, 0) is 6.07 Å². The van der Waals surface area contributed by atoms with Crippen LogP contribution in [-0.4, -0.2) is 18.9 Å². The van der Waals surface area contributed by atoms with Crippen molar-refractivity contribution in [1.82, 2.24) is 0 Å². The van der Waals surface area contributed by atoms with E-state index in [1.165, 1.54) is 0 Å². The molecule has 0 fully saturated rings. The van der Waals surface area contributed by atoms with Gasteiger partial charge in [-0.25, -0.2) is 5.46 Å². The average Bonchev–Trinajstić information content (AvgIpc) is 2.64. The molecule has 1 aromatic carbocycles. The quantitative estimate of drug-likeness (QED) is 0.571. The van der Waals surface area contributed by atoms with Crippen molar-refractivity contribution < 1.29 is 44.5 Å². The van der Waals surface area contributed by atoms with E-state index in [2.05, 4.69) is 5.32 Å². The molecule has 2 rings (SSSR count). The molecule has 6 heteroatoms. The van der Waals surface area contributed by atoms with Gasteiger partial charge in [-0.2, -0.15) is 0 Å². The van der Waals surface area contributed by atoms with E-state index >= 15 is 0 Å². The molecule has 0 atom stereocenters.